The number of hydrogen-bond acceptors (Lipinski definition) is 2. The van der Waals surface area contributed by atoms with E-state index in [0.717, 1.165) is 6.04 Å². The van der Waals surface area contributed by atoms with Gasteiger partial charge >= 0.3 is 8.56 Å². The van der Waals surface area contributed by atoms with Crippen LogP contribution in [-0.2, 0) is 8.85 Å². The highest BCUT2D eigenvalue weighted by atomic mass is 28.4. The fourth-order valence-corrected chi connectivity index (χ4v) is 8.26. The summed E-state index contributed by atoms with van der Waals surface area (Å²) in [6.45, 7) is 11.7. The molecule has 0 fully saturated rings. The first kappa shape index (κ1) is 23.1. The first-order chi connectivity index (χ1) is 11.0. The van der Waals surface area contributed by atoms with Crippen LogP contribution in [0.25, 0.3) is 0 Å². The highest BCUT2D eigenvalue weighted by Gasteiger charge is 2.53. The van der Waals surface area contributed by atoms with E-state index in [9.17, 15) is 0 Å². The third-order valence-electron chi connectivity index (χ3n) is 6.01. The van der Waals surface area contributed by atoms with Crippen molar-refractivity contribution in [2.24, 2.45) is 5.92 Å². The molecule has 0 heterocycles. The van der Waals surface area contributed by atoms with Crippen molar-refractivity contribution in [2.75, 3.05) is 14.2 Å². The Hall–Kier alpha value is 0.137. The van der Waals surface area contributed by atoms with Crippen molar-refractivity contribution in [3.8, 4) is 0 Å². The molecule has 0 spiro atoms. The number of unbranched alkanes of at least 4 members (excludes halogenated alkanes) is 7. The molecule has 0 aromatic rings. The van der Waals surface area contributed by atoms with Crippen molar-refractivity contribution in [3.05, 3.63) is 0 Å². The first-order valence-electron chi connectivity index (χ1n) is 10.1. The molecule has 0 saturated heterocycles. The van der Waals surface area contributed by atoms with Crippen molar-refractivity contribution < 1.29 is 8.85 Å². The van der Waals surface area contributed by atoms with E-state index in [2.05, 4.69) is 34.6 Å². The average molecular weight is 345 g/mol. The zero-order chi connectivity index (χ0) is 17.8. The zero-order valence-corrected chi connectivity index (χ0v) is 18.2. The van der Waals surface area contributed by atoms with E-state index in [-0.39, 0.29) is 5.04 Å². The summed E-state index contributed by atoms with van der Waals surface area (Å²) in [5.74, 6) is 0.683. The van der Waals surface area contributed by atoms with Gasteiger partial charge in [-0.25, -0.2) is 0 Å². The minimum absolute atomic E-state index is 0.168. The van der Waals surface area contributed by atoms with Crippen LogP contribution in [0.3, 0.4) is 0 Å². The molecular formula is C20H44O2Si. The molecule has 0 aliphatic rings. The van der Waals surface area contributed by atoms with Gasteiger partial charge in [-0.15, -0.1) is 0 Å². The molecule has 0 saturated carbocycles. The average Bonchev–Trinajstić information content (AvgIpc) is 2.54. The van der Waals surface area contributed by atoms with Crippen LogP contribution in [0.5, 0.6) is 0 Å². The Morgan fingerprint density at radius 1 is 0.739 bits per heavy atom. The first-order valence-corrected chi connectivity index (χ1v) is 12.1. The van der Waals surface area contributed by atoms with Crippen LogP contribution in [0, 0.1) is 5.92 Å². The lowest BCUT2D eigenvalue weighted by Crippen LogP contribution is -2.52. The topological polar surface area (TPSA) is 18.5 Å². The molecular weight excluding hydrogens is 300 g/mol. The fourth-order valence-electron chi connectivity index (χ4n) is 4.25. The second-order valence-corrected chi connectivity index (χ2v) is 11.7. The summed E-state index contributed by atoms with van der Waals surface area (Å²) >= 11 is 0. The quantitative estimate of drug-likeness (QED) is 0.233. The van der Waals surface area contributed by atoms with E-state index in [0.29, 0.717) is 5.92 Å². The molecule has 0 bridgehead atoms. The lowest BCUT2D eigenvalue weighted by Gasteiger charge is -2.46. The van der Waals surface area contributed by atoms with Crippen LogP contribution in [-0.4, -0.2) is 22.8 Å². The minimum atomic E-state index is -2.16. The molecule has 0 amide bonds. The maximum atomic E-state index is 6.11. The normalized spacial score (nSPS) is 13.0. The summed E-state index contributed by atoms with van der Waals surface area (Å²) in [4.78, 5) is 0. The van der Waals surface area contributed by atoms with Crippen molar-refractivity contribution in [2.45, 2.75) is 110 Å². The van der Waals surface area contributed by atoms with Crippen LogP contribution < -0.4 is 0 Å². The molecule has 0 aromatic heterocycles. The second-order valence-electron chi connectivity index (χ2n) is 7.62. The predicted molar refractivity (Wildman–Crippen MR) is 105 cm³/mol. The van der Waals surface area contributed by atoms with Gasteiger partial charge in [0.05, 0.1) is 0 Å². The highest BCUT2D eigenvalue weighted by Crippen LogP contribution is 2.50. The predicted octanol–water partition coefficient (Wildman–Crippen LogP) is 7.08. The lowest BCUT2D eigenvalue weighted by molar-refractivity contribution is 0.178. The molecule has 140 valence electrons. The Labute approximate surface area is 148 Å². The van der Waals surface area contributed by atoms with Gasteiger partial charge in [-0.2, -0.15) is 0 Å². The summed E-state index contributed by atoms with van der Waals surface area (Å²) in [6.07, 6.45) is 13.3. The van der Waals surface area contributed by atoms with Gasteiger partial charge in [0, 0.05) is 19.3 Å². The molecule has 3 heteroatoms. The monoisotopic (exact) mass is 344 g/mol. The van der Waals surface area contributed by atoms with Gasteiger partial charge in [0.15, 0.2) is 0 Å². The van der Waals surface area contributed by atoms with E-state index in [1.165, 1.54) is 64.2 Å². The Morgan fingerprint density at radius 3 is 1.57 bits per heavy atom. The molecule has 0 aliphatic carbocycles. The van der Waals surface area contributed by atoms with Crippen molar-refractivity contribution in [3.63, 3.8) is 0 Å². The van der Waals surface area contributed by atoms with Crippen LogP contribution in [0.15, 0.2) is 0 Å². The van der Waals surface area contributed by atoms with Crippen LogP contribution >= 0.6 is 0 Å². The van der Waals surface area contributed by atoms with Gasteiger partial charge in [0.2, 0.25) is 0 Å². The highest BCUT2D eigenvalue weighted by molar-refractivity contribution is 6.70. The van der Waals surface area contributed by atoms with Gasteiger partial charge in [0.1, 0.15) is 0 Å². The number of rotatable bonds is 15. The largest absolute Gasteiger partial charge is 0.397 e. The standard InChI is InChI=1S/C20H44O2Si/c1-8-11-12-13-14-15-16-17-18-23(21-6,22-7)20(4,5)19(9-2)10-3/h19H,8-18H2,1-7H3. The SMILES string of the molecule is CCCCCCCCCC[Si](OC)(OC)C(C)(C)C(CC)CC. The third-order valence-corrected chi connectivity index (χ3v) is 10.7. The molecule has 0 aromatic carbocycles. The maximum absolute atomic E-state index is 6.11. The lowest BCUT2D eigenvalue weighted by atomic mass is 9.90. The Morgan fingerprint density at radius 2 is 1.17 bits per heavy atom. The van der Waals surface area contributed by atoms with Crippen molar-refractivity contribution in [1.82, 2.24) is 0 Å². The molecule has 2 nitrogen and oxygen atoms in total. The van der Waals surface area contributed by atoms with E-state index in [1.54, 1.807) is 0 Å². The van der Waals surface area contributed by atoms with Gasteiger partial charge < -0.3 is 8.85 Å². The molecule has 0 N–H and O–H groups in total. The number of hydrogen-bond donors (Lipinski definition) is 0. The molecule has 0 atom stereocenters. The van der Waals surface area contributed by atoms with Crippen LogP contribution in [0.1, 0.15) is 98.8 Å². The van der Waals surface area contributed by atoms with E-state index in [4.69, 9.17) is 8.85 Å². The van der Waals surface area contributed by atoms with Crippen molar-refractivity contribution in [1.29, 1.82) is 0 Å². The summed E-state index contributed by atoms with van der Waals surface area (Å²) < 4.78 is 12.2. The van der Waals surface area contributed by atoms with Crippen LogP contribution in [0.4, 0.5) is 0 Å². The van der Waals surface area contributed by atoms with Gasteiger partial charge in [-0.1, -0.05) is 98.8 Å². The molecule has 23 heavy (non-hydrogen) atoms. The summed E-state index contributed by atoms with van der Waals surface area (Å²) in [5.41, 5.74) is 0. The molecule has 0 unspecified atom stereocenters. The van der Waals surface area contributed by atoms with Crippen LogP contribution in [0.2, 0.25) is 11.1 Å². The Kier molecular flexibility index (Phi) is 12.6. The minimum Gasteiger partial charge on any atom is -0.397 e. The Balaban J connectivity index is 4.44. The van der Waals surface area contributed by atoms with E-state index in [1.807, 2.05) is 14.2 Å². The Bertz CT molecular complexity index is 271. The van der Waals surface area contributed by atoms with E-state index < -0.39 is 8.56 Å². The second kappa shape index (κ2) is 12.5. The van der Waals surface area contributed by atoms with Gasteiger partial charge in [0.25, 0.3) is 0 Å². The van der Waals surface area contributed by atoms with Gasteiger partial charge in [-0.3, -0.25) is 0 Å². The van der Waals surface area contributed by atoms with E-state index >= 15 is 0 Å². The smallest absolute Gasteiger partial charge is 0.343 e. The molecule has 0 aliphatic heterocycles. The zero-order valence-electron chi connectivity index (χ0n) is 17.2. The fraction of sp³-hybridized carbons (Fsp3) is 1.00. The van der Waals surface area contributed by atoms with Gasteiger partial charge in [-0.05, 0) is 12.0 Å². The molecule has 0 rings (SSSR count). The summed E-state index contributed by atoms with van der Waals surface area (Å²) in [6, 6.07) is 1.14. The molecule has 0 radical (unpaired) electrons. The third kappa shape index (κ3) is 6.87. The summed E-state index contributed by atoms with van der Waals surface area (Å²) in [7, 11) is 1.60. The maximum Gasteiger partial charge on any atom is 0.343 e. The van der Waals surface area contributed by atoms with Crippen molar-refractivity contribution >= 4 is 8.56 Å². The summed E-state index contributed by atoms with van der Waals surface area (Å²) in [5, 5.41) is 0.168.